The number of sulfonamides is 1. The summed E-state index contributed by atoms with van der Waals surface area (Å²) in [4.78, 5) is 29.4. The van der Waals surface area contributed by atoms with E-state index in [9.17, 15) is 18.0 Å². The van der Waals surface area contributed by atoms with Gasteiger partial charge in [-0.25, -0.2) is 8.42 Å². The van der Waals surface area contributed by atoms with Gasteiger partial charge in [-0.05, 0) is 62.1 Å². The van der Waals surface area contributed by atoms with E-state index in [1.54, 1.807) is 19.1 Å². The molecule has 0 aromatic heterocycles. The fourth-order valence-electron chi connectivity index (χ4n) is 5.73. The lowest BCUT2D eigenvalue weighted by molar-refractivity contribution is -0.139. The Hall–Kier alpha value is -4.45. The summed E-state index contributed by atoms with van der Waals surface area (Å²) >= 11 is 0. The smallest absolute Gasteiger partial charge is 0.265 e. The summed E-state index contributed by atoms with van der Waals surface area (Å²) in [5.41, 5.74) is 1.87. The highest BCUT2D eigenvalue weighted by atomic mass is 32.2. The maximum atomic E-state index is 14.5. The molecule has 11 nitrogen and oxygen atoms in total. The third-order valence-electron chi connectivity index (χ3n) is 8.60. The van der Waals surface area contributed by atoms with Gasteiger partial charge < -0.3 is 29.2 Å². The second-order valence-corrected chi connectivity index (χ2v) is 13.4. The van der Waals surface area contributed by atoms with Crippen LogP contribution in [0.4, 0.5) is 5.69 Å². The van der Waals surface area contributed by atoms with Crippen LogP contribution in [-0.2, 0) is 26.2 Å². The number of ether oxygens (including phenoxy) is 4. The second-order valence-electron chi connectivity index (χ2n) is 11.5. The first kappa shape index (κ1) is 35.4. The van der Waals surface area contributed by atoms with Crippen molar-refractivity contribution >= 4 is 27.5 Å². The summed E-state index contributed by atoms with van der Waals surface area (Å²) in [5.74, 6) is 0.247. The minimum absolute atomic E-state index is 0.0390. The number of hydrogen-bond acceptors (Lipinski definition) is 8. The number of benzene rings is 3. The van der Waals surface area contributed by atoms with Crippen LogP contribution in [0.5, 0.6) is 23.0 Å². The molecule has 3 aromatic carbocycles. The van der Waals surface area contributed by atoms with E-state index in [1.165, 1.54) is 57.6 Å². The van der Waals surface area contributed by atoms with Crippen molar-refractivity contribution in [2.24, 2.45) is 0 Å². The van der Waals surface area contributed by atoms with Crippen LogP contribution in [-0.4, -0.2) is 72.2 Å². The fraction of sp³-hybridized carbons (Fsp3) is 0.429. The Bertz CT molecular complexity index is 1660. The Morgan fingerprint density at radius 1 is 0.851 bits per heavy atom. The molecule has 254 valence electrons. The number of anilines is 1. The average Bonchev–Trinajstić information content (AvgIpc) is 3.09. The van der Waals surface area contributed by atoms with Crippen molar-refractivity contribution in [3.8, 4) is 23.0 Å². The Morgan fingerprint density at radius 2 is 1.51 bits per heavy atom. The molecule has 12 heteroatoms. The number of rotatable bonds is 14. The van der Waals surface area contributed by atoms with Crippen LogP contribution in [0, 0.1) is 6.92 Å². The third-order valence-corrected chi connectivity index (χ3v) is 10.4. The zero-order chi connectivity index (χ0) is 34.1. The van der Waals surface area contributed by atoms with Gasteiger partial charge in [0.25, 0.3) is 10.0 Å². The van der Waals surface area contributed by atoms with Crippen molar-refractivity contribution in [3.63, 3.8) is 0 Å². The van der Waals surface area contributed by atoms with Gasteiger partial charge in [0.2, 0.25) is 11.8 Å². The van der Waals surface area contributed by atoms with Gasteiger partial charge in [-0.2, -0.15) is 0 Å². The fourth-order valence-corrected chi connectivity index (χ4v) is 7.16. The standard InChI is InChI=1S/C35H45N3O8S/c1-24-12-10-11-13-26(24)22-37(25(2)35(40)36-27-14-8-7-9-15-27)34(39)23-38(30-20-28(43-3)16-18-31(30)44-4)47(41,42)29-17-19-32(45-5)33(21-29)46-6/h10-13,16-21,25,27H,7-9,14-15,22-23H2,1-6H3,(H,36,40)/t25-/m0/s1. The van der Waals surface area contributed by atoms with Crippen molar-refractivity contribution in [2.45, 2.75) is 69.5 Å². The van der Waals surface area contributed by atoms with Gasteiger partial charge in [0.1, 0.15) is 24.1 Å². The molecular weight excluding hydrogens is 622 g/mol. The molecule has 1 fully saturated rings. The Kier molecular flexibility index (Phi) is 12.0. The van der Waals surface area contributed by atoms with Crippen LogP contribution in [0.25, 0.3) is 0 Å². The Balaban J connectivity index is 1.79. The minimum atomic E-state index is -4.43. The molecular formula is C35H45N3O8S. The van der Waals surface area contributed by atoms with Gasteiger partial charge in [0, 0.05) is 24.7 Å². The molecule has 0 saturated heterocycles. The molecule has 0 spiro atoms. The van der Waals surface area contributed by atoms with Gasteiger partial charge in [0.05, 0.1) is 39.0 Å². The van der Waals surface area contributed by atoms with E-state index >= 15 is 0 Å². The molecule has 2 amide bonds. The Labute approximate surface area is 277 Å². The summed E-state index contributed by atoms with van der Waals surface area (Å²) < 4.78 is 51.6. The summed E-state index contributed by atoms with van der Waals surface area (Å²) in [6, 6.07) is 15.6. The lowest BCUT2D eigenvalue weighted by Gasteiger charge is -2.34. The van der Waals surface area contributed by atoms with Gasteiger partial charge in [0.15, 0.2) is 11.5 Å². The minimum Gasteiger partial charge on any atom is -0.497 e. The molecule has 0 unspecified atom stereocenters. The highest BCUT2D eigenvalue weighted by Gasteiger charge is 2.35. The number of aryl methyl sites for hydroxylation is 1. The van der Waals surface area contributed by atoms with Crippen LogP contribution in [0.1, 0.15) is 50.2 Å². The highest BCUT2D eigenvalue weighted by Crippen LogP contribution is 2.38. The number of amides is 2. The number of carbonyl (C=O) groups is 2. The highest BCUT2D eigenvalue weighted by molar-refractivity contribution is 7.92. The molecule has 4 rings (SSSR count). The van der Waals surface area contributed by atoms with Gasteiger partial charge >= 0.3 is 0 Å². The van der Waals surface area contributed by atoms with Crippen LogP contribution in [0.15, 0.2) is 65.6 Å². The van der Waals surface area contributed by atoms with Crippen molar-refractivity contribution in [1.29, 1.82) is 0 Å². The van der Waals surface area contributed by atoms with Crippen molar-refractivity contribution < 1.29 is 37.0 Å². The quantitative estimate of drug-likeness (QED) is 0.252. The number of carbonyl (C=O) groups excluding carboxylic acids is 2. The summed E-state index contributed by atoms with van der Waals surface area (Å²) in [6.07, 6.45) is 4.99. The zero-order valence-corrected chi connectivity index (χ0v) is 28.8. The maximum absolute atomic E-state index is 14.5. The van der Waals surface area contributed by atoms with Crippen LogP contribution in [0.3, 0.4) is 0 Å². The molecule has 0 bridgehead atoms. The molecule has 1 aliphatic carbocycles. The normalized spacial score (nSPS) is 14.1. The van der Waals surface area contributed by atoms with Crippen LogP contribution >= 0.6 is 0 Å². The van der Waals surface area contributed by atoms with Gasteiger partial charge in [-0.1, -0.05) is 43.5 Å². The summed E-state index contributed by atoms with van der Waals surface area (Å²) in [7, 11) is 1.30. The van der Waals surface area contributed by atoms with E-state index < -0.39 is 28.5 Å². The Morgan fingerprint density at radius 3 is 2.15 bits per heavy atom. The molecule has 1 N–H and O–H groups in total. The molecule has 47 heavy (non-hydrogen) atoms. The largest absolute Gasteiger partial charge is 0.497 e. The lowest BCUT2D eigenvalue weighted by atomic mass is 9.95. The molecule has 1 saturated carbocycles. The number of nitrogens with one attached hydrogen (secondary N) is 1. The van der Waals surface area contributed by atoms with Crippen molar-refractivity contribution in [1.82, 2.24) is 10.2 Å². The molecule has 0 heterocycles. The molecule has 0 aliphatic heterocycles. The number of hydrogen-bond donors (Lipinski definition) is 1. The van der Waals surface area contributed by atoms with Crippen LogP contribution in [0.2, 0.25) is 0 Å². The predicted molar refractivity (Wildman–Crippen MR) is 180 cm³/mol. The van der Waals surface area contributed by atoms with E-state index in [0.29, 0.717) is 11.5 Å². The maximum Gasteiger partial charge on any atom is 0.265 e. The predicted octanol–water partition coefficient (Wildman–Crippen LogP) is 5.09. The first-order chi connectivity index (χ1) is 22.5. The summed E-state index contributed by atoms with van der Waals surface area (Å²) in [5, 5.41) is 3.13. The molecule has 1 atom stereocenters. The average molecular weight is 668 g/mol. The SMILES string of the molecule is COc1ccc(OC)c(N(CC(=O)N(Cc2ccccc2C)[C@@H](C)C(=O)NC2CCCCC2)S(=O)(=O)c2ccc(OC)c(OC)c2)c1. The first-order valence-electron chi connectivity index (χ1n) is 15.6. The first-order valence-corrected chi connectivity index (χ1v) is 17.1. The van der Waals surface area contributed by atoms with E-state index in [0.717, 1.165) is 47.5 Å². The summed E-state index contributed by atoms with van der Waals surface area (Å²) in [6.45, 7) is 3.07. The van der Waals surface area contributed by atoms with Gasteiger partial charge in [-0.3, -0.25) is 13.9 Å². The molecule has 1 aliphatic rings. The molecule has 0 radical (unpaired) electrons. The second kappa shape index (κ2) is 15.9. The van der Waals surface area contributed by atoms with E-state index in [2.05, 4.69) is 5.32 Å². The van der Waals surface area contributed by atoms with E-state index in [-0.39, 0.29) is 40.6 Å². The molecule has 3 aromatic rings. The third kappa shape index (κ3) is 8.29. The van der Waals surface area contributed by atoms with Gasteiger partial charge in [-0.15, -0.1) is 0 Å². The van der Waals surface area contributed by atoms with Crippen molar-refractivity contribution in [3.05, 3.63) is 71.8 Å². The topological polar surface area (TPSA) is 124 Å². The number of methoxy groups -OCH3 is 4. The zero-order valence-electron chi connectivity index (χ0n) is 27.9. The van der Waals surface area contributed by atoms with E-state index in [4.69, 9.17) is 18.9 Å². The van der Waals surface area contributed by atoms with E-state index in [1.807, 2.05) is 31.2 Å². The van der Waals surface area contributed by atoms with Crippen LogP contribution < -0.4 is 28.6 Å². The number of nitrogens with zero attached hydrogens (tertiary/aromatic N) is 2. The van der Waals surface area contributed by atoms with Crippen molar-refractivity contribution in [2.75, 3.05) is 39.3 Å². The monoisotopic (exact) mass is 667 g/mol. The lowest BCUT2D eigenvalue weighted by Crippen LogP contribution is -2.53.